The van der Waals surface area contributed by atoms with Gasteiger partial charge in [0.1, 0.15) is 0 Å². The van der Waals surface area contributed by atoms with Crippen molar-refractivity contribution in [2.45, 2.75) is 26.2 Å². The molecule has 70 valence electrons. The summed E-state index contributed by atoms with van der Waals surface area (Å²) in [5.74, 6) is -0.749. The maximum Gasteiger partial charge on any atom is 0.307 e. The van der Waals surface area contributed by atoms with Crippen molar-refractivity contribution < 1.29 is 9.90 Å². The molecule has 0 aliphatic carbocycles. The first kappa shape index (κ1) is 9.52. The van der Waals surface area contributed by atoms with Gasteiger partial charge >= 0.3 is 5.97 Å². The van der Waals surface area contributed by atoms with E-state index in [9.17, 15) is 4.79 Å². The molecule has 1 saturated heterocycles. The third kappa shape index (κ3) is 2.48. The minimum absolute atomic E-state index is 0.120. The van der Waals surface area contributed by atoms with Gasteiger partial charge in [-0.1, -0.05) is 6.92 Å². The quantitative estimate of drug-likeness (QED) is 0.693. The fourth-order valence-electron chi connectivity index (χ4n) is 1.78. The molecular formula is C9H17NO2. The van der Waals surface area contributed by atoms with Crippen LogP contribution in [0.4, 0.5) is 0 Å². The first-order chi connectivity index (χ1) is 5.74. The summed E-state index contributed by atoms with van der Waals surface area (Å²) in [6.07, 6.45) is 3.01. The van der Waals surface area contributed by atoms with Crippen molar-refractivity contribution in [2.24, 2.45) is 5.92 Å². The number of carboxylic acids is 1. The summed E-state index contributed by atoms with van der Waals surface area (Å²) in [7, 11) is 0. The molecule has 0 unspecified atom stereocenters. The molecule has 1 fully saturated rings. The average molecular weight is 171 g/mol. The number of likely N-dealkylation sites (tertiary alicyclic amines) is 1. The normalized spacial score (nSPS) is 25.6. The Morgan fingerprint density at radius 3 is 3.00 bits per heavy atom. The standard InChI is InChI=1S/C9H17NO2/c1-2-5-10-6-3-4-8(7-10)9(11)12/h8H,2-7H2,1H3,(H,11,12)/t8-/m0/s1. The van der Waals surface area contributed by atoms with Crippen LogP contribution in [0.15, 0.2) is 0 Å². The van der Waals surface area contributed by atoms with Gasteiger partial charge in [0.25, 0.3) is 0 Å². The van der Waals surface area contributed by atoms with E-state index in [0.29, 0.717) is 0 Å². The zero-order valence-corrected chi connectivity index (χ0v) is 7.62. The van der Waals surface area contributed by atoms with Crippen LogP contribution in [0.25, 0.3) is 0 Å². The van der Waals surface area contributed by atoms with E-state index in [2.05, 4.69) is 11.8 Å². The van der Waals surface area contributed by atoms with E-state index in [0.717, 1.165) is 38.9 Å². The van der Waals surface area contributed by atoms with Crippen LogP contribution < -0.4 is 0 Å². The Hall–Kier alpha value is -0.570. The van der Waals surface area contributed by atoms with E-state index in [-0.39, 0.29) is 5.92 Å². The van der Waals surface area contributed by atoms with Gasteiger partial charge in [-0.2, -0.15) is 0 Å². The number of rotatable bonds is 3. The Labute approximate surface area is 73.4 Å². The van der Waals surface area contributed by atoms with Crippen molar-refractivity contribution in [2.75, 3.05) is 19.6 Å². The van der Waals surface area contributed by atoms with E-state index in [4.69, 9.17) is 5.11 Å². The molecule has 1 N–H and O–H groups in total. The van der Waals surface area contributed by atoms with Gasteiger partial charge in [0.15, 0.2) is 0 Å². The smallest absolute Gasteiger partial charge is 0.307 e. The molecule has 0 bridgehead atoms. The van der Waals surface area contributed by atoms with Crippen molar-refractivity contribution in [3.8, 4) is 0 Å². The number of hydrogen-bond acceptors (Lipinski definition) is 2. The lowest BCUT2D eigenvalue weighted by molar-refractivity contribution is -0.143. The molecule has 0 radical (unpaired) electrons. The second-order valence-electron chi connectivity index (χ2n) is 3.48. The number of aliphatic carboxylic acids is 1. The van der Waals surface area contributed by atoms with E-state index in [1.807, 2.05) is 0 Å². The van der Waals surface area contributed by atoms with Gasteiger partial charge in [-0.15, -0.1) is 0 Å². The van der Waals surface area contributed by atoms with Crippen LogP contribution in [0.2, 0.25) is 0 Å². The van der Waals surface area contributed by atoms with E-state index in [1.54, 1.807) is 0 Å². The van der Waals surface area contributed by atoms with E-state index < -0.39 is 5.97 Å². The van der Waals surface area contributed by atoms with Crippen molar-refractivity contribution in [1.82, 2.24) is 4.90 Å². The van der Waals surface area contributed by atoms with Gasteiger partial charge in [0, 0.05) is 6.54 Å². The highest BCUT2D eigenvalue weighted by Gasteiger charge is 2.24. The molecule has 0 amide bonds. The summed E-state index contributed by atoms with van der Waals surface area (Å²) < 4.78 is 0. The van der Waals surface area contributed by atoms with Crippen LogP contribution in [0, 0.1) is 5.92 Å². The van der Waals surface area contributed by atoms with Crippen LogP contribution in [0.3, 0.4) is 0 Å². The minimum atomic E-state index is -0.629. The lowest BCUT2D eigenvalue weighted by Gasteiger charge is -2.30. The molecule has 3 nitrogen and oxygen atoms in total. The summed E-state index contributed by atoms with van der Waals surface area (Å²) in [6.45, 7) is 5.01. The summed E-state index contributed by atoms with van der Waals surface area (Å²) in [6, 6.07) is 0. The number of piperidine rings is 1. The average Bonchev–Trinajstić information content (AvgIpc) is 2.05. The van der Waals surface area contributed by atoms with Gasteiger partial charge in [0.05, 0.1) is 5.92 Å². The highest BCUT2D eigenvalue weighted by molar-refractivity contribution is 5.70. The Morgan fingerprint density at radius 1 is 1.67 bits per heavy atom. The molecule has 1 rings (SSSR count). The molecule has 0 aromatic carbocycles. The molecule has 0 aromatic heterocycles. The summed E-state index contributed by atoms with van der Waals surface area (Å²) in [5, 5.41) is 8.80. The van der Waals surface area contributed by atoms with Crippen LogP contribution in [0.1, 0.15) is 26.2 Å². The van der Waals surface area contributed by atoms with Crippen LogP contribution in [-0.4, -0.2) is 35.6 Å². The van der Waals surface area contributed by atoms with Gasteiger partial charge in [-0.25, -0.2) is 0 Å². The molecule has 3 heteroatoms. The first-order valence-electron chi connectivity index (χ1n) is 4.69. The predicted molar refractivity (Wildman–Crippen MR) is 47.1 cm³/mol. The molecular weight excluding hydrogens is 154 g/mol. The Morgan fingerprint density at radius 2 is 2.42 bits per heavy atom. The number of hydrogen-bond donors (Lipinski definition) is 1. The first-order valence-corrected chi connectivity index (χ1v) is 4.69. The maximum atomic E-state index is 10.7. The highest BCUT2D eigenvalue weighted by Crippen LogP contribution is 2.16. The molecule has 0 spiro atoms. The third-order valence-corrected chi connectivity index (χ3v) is 2.39. The van der Waals surface area contributed by atoms with Crippen molar-refractivity contribution >= 4 is 5.97 Å². The molecule has 0 saturated carbocycles. The summed E-state index contributed by atoms with van der Waals surface area (Å²) in [5.41, 5.74) is 0. The molecule has 1 atom stereocenters. The number of carboxylic acid groups (broad SMARTS) is 1. The zero-order chi connectivity index (χ0) is 8.97. The number of nitrogens with zero attached hydrogens (tertiary/aromatic N) is 1. The van der Waals surface area contributed by atoms with E-state index in [1.165, 1.54) is 0 Å². The highest BCUT2D eigenvalue weighted by atomic mass is 16.4. The maximum absolute atomic E-state index is 10.7. The Balaban J connectivity index is 2.35. The fourth-order valence-corrected chi connectivity index (χ4v) is 1.78. The topological polar surface area (TPSA) is 40.5 Å². The Kier molecular flexibility index (Phi) is 3.53. The molecule has 1 heterocycles. The Bertz CT molecular complexity index is 157. The fraction of sp³-hybridized carbons (Fsp3) is 0.889. The second kappa shape index (κ2) is 4.45. The summed E-state index contributed by atoms with van der Waals surface area (Å²) in [4.78, 5) is 12.9. The van der Waals surface area contributed by atoms with Gasteiger partial charge in [-0.05, 0) is 32.4 Å². The van der Waals surface area contributed by atoms with Crippen LogP contribution in [0.5, 0.6) is 0 Å². The van der Waals surface area contributed by atoms with Crippen molar-refractivity contribution in [3.63, 3.8) is 0 Å². The largest absolute Gasteiger partial charge is 0.481 e. The van der Waals surface area contributed by atoms with Crippen LogP contribution in [-0.2, 0) is 4.79 Å². The monoisotopic (exact) mass is 171 g/mol. The molecule has 0 aromatic rings. The lowest BCUT2D eigenvalue weighted by Crippen LogP contribution is -2.38. The molecule has 1 aliphatic rings. The lowest BCUT2D eigenvalue weighted by atomic mass is 9.98. The predicted octanol–water partition coefficient (Wildman–Crippen LogP) is 1.19. The van der Waals surface area contributed by atoms with Gasteiger partial charge in [0.2, 0.25) is 0 Å². The second-order valence-corrected chi connectivity index (χ2v) is 3.48. The summed E-state index contributed by atoms with van der Waals surface area (Å²) >= 11 is 0. The minimum Gasteiger partial charge on any atom is -0.481 e. The molecule has 12 heavy (non-hydrogen) atoms. The molecule has 1 aliphatic heterocycles. The van der Waals surface area contributed by atoms with Gasteiger partial charge in [-0.3, -0.25) is 4.79 Å². The van der Waals surface area contributed by atoms with Crippen molar-refractivity contribution in [1.29, 1.82) is 0 Å². The van der Waals surface area contributed by atoms with Crippen LogP contribution >= 0.6 is 0 Å². The third-order valence-electron chi connectivity index (χ3n) is 2.39. The SMILES string of the molecule is CCCN1CCC[C@H](C(=O)O)C1. The van der Waals surface area contributed by atoms with E-state index >= 15 is 0 Å². The number of carbonyl (C=O) groups is 1. The van der Waals surface area contributed by atoms with Crippen molar-refractivity contribution in [3.05, 3.63) is 0 Å². The zero-order valence-electron chi connectivity index (χ0n) is 7.62. The van der Waals surface area contributed by atoms with Gasteiger partial charge < -0.3 is 10.0 Å².